The molecule has 1 rings (SSSR count). The van der Waals surface area contributed by atoms with Crippen molar-refractivity contribution in [3.63, 3.8) is 0 Å². The molecule has 5 heteroatoms. The third kappa shape index (κ3) is 5.82. The van der Waals surface area contributed by atoms with Crippen LogP contribution in [-0.4, -0.2) is 36.3 Å². The van der Waals surface area contributed by atoms with Crippen LogP contribution >= 0.6 is 0 Å². The zero-order valence-electron chi connectivity index (χ0n) is 11.7. The predicted molar refractivity (Wildman–Crippen MR) is 72.1 cm³/mol. The summed E-state index contributed by atoms with van der Waals surface area (Å²) in [6, 6.07) is 1.82. The molecule has 102 valence electrons. The first kappa shape index (κ1) is 14.7. The highest BCUT2D eigenvalue weighted by Crippen LogP contribution is 2.11. The lowest BCUT2D eigenvalue weighted by Gasteiger charge is -2.09. The third-order valence-corrected chi connectivity index (χ3v) is 2.10. The molecule has 0 unspecified atom stereocenters. The van der Waals surface area contributed by atoms with Crippen molar-refractivity contribution >= 4 is 5.95 Å². The van der Waals surface area contributed by atoms with Crippen molar-refractivity contribution in [3.05, 3.63) is 11.8 Å². The van der Waals surface area contributed by atoms with Crippen molar-refractivity contribution < 1.29 is 9.47 Å². The van der Waals surface area contributed by atoms with Crippen LogP contribution in [0, 0.1) is 12.8 Å². The Bertz CT molecular complexity index is 356. The van der Waals surface area contributed by atoms with E-state index in [-0.39, 0.29) is 0 Å². The molecule has 0 saturated carbocycles. The number of nitrogens with zero attached hydrogens (tertiary/aromatic N) is 2. The highest BCUT2D eigenvalue weighted by Gasteiger charge is 2.02. The number of aromatic nitrogens is 2. The number of nitrogens with one attached hydrogen (secondary N) is 1. The van der Waals surface area contributed by atoms with Crippen LogP contribution in [0.1, 0.15) is 26.5 Å². The monoisotopic (exact) mass is 253 g/mol. The van der Waals surface area contributed by atoms with Gasteiger partial charge in [-0.3, -0.25) is 0 Å². The van der Waals surface area contributed by atoms with Gasteiger partial charge in [-0.15, -0.1) is 0 Å². The molecule has 1 aromatic rings. The van der Waals surface area contributed by atoms with E-state index < -0.39 is 0 Å². The van der Waals surface area contributed by atoms with Crippen molar-refractivity contribution in [2.75, 3.05) is 31.7 Å². The molecule has 0 saturated heterocycles. The van der Waals surface area contributed by atoms with E-state index in [4.69, 9.17) is 9.47 Å². The summed E-state index contributed by atoms with van der Waals surface area (Å²) in [6.45, 7) is 10.8. The van der Waals surface area contributed by atoms with Gasteiger partial charge in [-0.05, 0) is 19.8 Å². The SMILES string of the molecule is CCOc1cc(C)nc(NCCOCC(C)C)n1. The van der Waals surface area contributed by atoms with Gasteiger partial charge in [0.1, 0.15) is 0 Å². The summed E-state index contributed by atoms with van der Waals surface area (Å²) in [6.07, 6.45) is 0. The molecule has 0 aliphatic carbocycles. The van der Waals surface area contributed by atoms with Crippen molar-refractivity contribution in [1.29, 1.82) is 0 Å². The Morgan fingerprint density at radius 2 is 2.11 bits per heavy atom. The topological polar surface area (TPSA) is 56.3 Å². The molecule has 0 radical (unpaired) electrons. The zero-order valence-corrected chi connectivity index (χ0v) is 11.7. The lowest BCUT2D eigenvalue weighted by atomic mass is 10.2. The van der Waals surface area contributed by atoms with Gasteiger partial charge in [-0.1, -0.05) is 13.8 Å². The van der Waals surface area contributed by atoms with Crippen molar-refractivity contribution in [1.82, 2.24) is 9.97 Å². The molecule has 0 aliphatic heterocycles. The van der Waals surface area contributed by atoms with Crippen LogP contribution in [0.2, 0.25) is 0 Å². The van der Waals surface area contributed by atoms with Gasteiger partial charge in [-0.25, -0.2) is 4.98 Å². The van der Waals surface area contributed by atoms with Gasteiger partial charge in [-0.2, -0.15) is 4.98 Å². The van der Waals surface area contributed by atoms with Gasteiger partial charge >= 0.3 is 0 Å². The molecule has 0 atom stereocenters. The summed E-state index contributed by atoms with van der Waals surface area (Å²) in [5.74, 6) is 1.76. The predicted octanol–water partition coefficient (Wildman–Crippen LogP) is 2.27. The maximum absolute atomic E-state index is 5.48. The Kier molecular flexibility index (Phi) is 6.43. The van der Waals surface area contributed by atoms with E-state index in [1.54, 1.807) is 0 Å². The highest BCUT2D eigenvalue weighted by molar-refractivity contribution is 5.30. The van der Waals surface area contributed by atoms with Crippen molar-refractivity contribution in [2.45, 2.75) is 27.7 Å². The fourth-order valence-corrected chi connectivity index (χ4v) is 1.39. The van der Waals surface area contributed by atoms with Crippen LogP contribution < -0.4 is 10.1 Å². The Morgan fingerprint density at radius 3 is 2.78 bits per heavy atom. The van der Waals surface area contributed by atoms with Crippen molar-refractivity contribution in [3.8, 4) is 5.88 Å². The molecule has 5 nitrogen and oxygen atoms in total. The van der Waals surface area contributed by atoms with Crippen LogP contribution in [-0.2, 0) is 4.74 Å². The molecule has 0 amide bonds. The van der Waals surface area contributed by atoms with Crippen LogP contribution in [0.3, 0.4) is 0 Å². The number of hydrogen-bond donors (Lipinski definition) is 1. The molecule has 0 aliphatic rings. The normalized spacial score (nSPS) is 10.7. The van der Waals surface area contributed by atoms with Gasteiger partial charge in [0.25, 0.3) is 0 Å². The summed E-state index contributed by atoms with van der Waals surface area (Å²) < 4.78 is 10.8. The second-order valence-corrected chi connectivity index (χ2v) is 4.50. The average Bonchev–Trinajstić information content (AvgIpc) is 2.28. The number of rotatable bonds is 8. The Balaban J connectivity index is 2.37. The Hall–Kier alpha value is -1.36. The van der Waals surface area contributed by atoms with E-state index >= 15 is 0 Å². The van der Waals surface area contributed by atoms with E-state index in [1.807, 2.05) is 19.9 Å². The summed E-state index contributed by atoms with van der Waals surface area (Å²) in [4.78, 5) is 8.55. The lowest BCUT2D eigenvalue weighted by Crippen LogP contribution is -2.14. The van der Waals surface area contributed by atoms with Gasteiger partial charge in [0.2, 0.25) is 11.8 Å². The molecule has 1 aromatic heterocycles. The van der Waals surface area contributed by atoms with Gasteiger partial charge in [0.15, 0.2) is 0 Å². The molecule has 1 heterocycles. The van der Waals surface area contributed by atoms with Crippen LogP contribution in [0.25, 0.3) is 0 Å². The molecule has 0 fully saturated rings. The fraction of sp³-hybridized carbons (Fsp3) is 0.692. The molecular formula is C13H23N3O2. The minimum atomic E-state index is 0.560. The molecular weight excluding hydrogens is 230 g/mol. The van der Waals surface area contributed by atoms with Crippen LogP contribution in [0.15, 0.2) is 6.07 Å². The summed E-state index contributed by atoms with van der Waals surface area (Å²) >= 11 is 0. The zero-order chi connectivity index (χ0) is 13.4. The van der Waals surface area contributed by atoms with Gasteiger partial charge in [0.05, 0.1) is 13.2 Å². The quantitative estimate of drug-likeness (QED) is 0.720. The van der Waals surface area contributed by atoms with Gasteiger partial charge in [0, 0.05) is 24.9 Å². The van der Waals surface area contributed by atoms with Gasteiger partial charge < -0.3 is 14.8 Å². The molecule has 0 aromatic carbocycles. The molecule has 0 spiro atoms. The summed E-state index contributed by atoms with van der Waals surface area (Å²) in [5.41, 5.74) is 0.888. The Labute approximate surface area is 109 Å². The minimum Gasteiger partial charge on any atom is -0.478 e. The van der Waals surface area contributed by atoms with Crippen LogP contribution in [0.5, 0.6) is 5.88 Å². The van der Waals surface area contributed by atoms with Crippen molar-refractivity contribution in [2.24, 2.45) is 5.92 Å². The lowest BCUT2D eigenvalue weighted by molar-refractivity contribution is 0.118. The smallest absolute Gasteiger partial charge is 0.226 e. The summed E-state index contributed by atoms with van der Waals surface area (Å²) in [5, 5.41) is 3.13. The molecule has 0 bridgehead atoms. The number of ether oxygens (including phenoxy) is 2. The average molecular weight is 253 g/mol. The standard InChI is InChI=1S/C13H23N3O2/c1-5-18-12-8-11(4)15-13(16-12)14-6-7-17-9-10(2)3/h8,10H,5-7,9H2,1-4H3,(H,14,15,16). The minimum absolute atomic E-state index is 0.560. The van der Waals surface area contributed by atoms with E-state index in [0.29, 0.717) is 37.5 Å². The first-order chi connectivity index (χ1) is 8.61. The first-order valence-electron chi connectivity index (χ1n) is 6.42. The number of aryl methyl sites for hydroxylation is 1. The second kappa shape index (κ2) is 7.87. The van der Waals surface area contributed by atoms with Crippen LogP contribution in [0.4, 0.5) is 5.95 Å². The highest BCUT2D eigenvalue weighted by atomic mass is 16.5. The first-order valence-corrected chi connectivity index (χ1v) is 6.42. The largest absolute Gasteiger partial charge is 0.478 e. The maximum Gasteiger partial charge on any atom is 0.226 e. The number of anilines is 1. The number of hydrogen-bond acceptors (Lipinski definition) is 5. The molecule has 18 heavy (non-hydrogen) atoms. The maximum atomic E-state index is 5.48. The third-order valence-electron chi connectivity index (χ3n) is 2.10. The van der Waals surface area contributed by atoms with E-state index in [1.165, 1.54) is 0 Å². The second-order valence-electron chi connectivity index (χ2n) is 4.50. The van der Waals surface area contributed by atoms with E-state index in [0.717, 1.165) is 12.3 Å². The fourth-order valence-electron chi connectivity index (χ4n) is 1.39. The summed E-state index contributed by atoms with van der Waals surface area (Å²) in [7, 11) is 0. The Morgan fingerprint density at radius 1 is 1.33 bits per heavy atom. The van der Waals surface area contributed by atoms with E-state index in [2.05, 4.69) is 29.1 Å². The molecule has 1 N–H and O–H groups in total. The van der Waals surface area contributed by atoms with E-state index in [9.17, 15) is 0 Å².